The Bertz CT molecular complexity index is 344. The van der Waals surface area contributed by atoms with Gasteiger partial charge in [0.1, 0.15) is 7.11 Å². The van der Waals surface area contributed by atoms with E-state index in [-0.39, 0.29) is 0 Å². The van der Waals surface area contributed by atoms with Crippen LogP contribution >= 0.6 is 0 Å². The lowest BCUT2D eigenvalue weighted by Gasteiger charge is -2.05. The van der Waals surface area contributed by atoms with Gasteiger partial charge in [-0.3, -0.25) is 0 Å². The van der Waals surface area contributed by atoms with E-state index >= 15 is 0 Å². The van der Waals surface area contributed by atoms with Crippen LogP contribution in [0.2, 0.25) is 0 Å². The third-order valence-corrected chi connectivity index (χ3v) is 2.64. The first-order chi connectivity index (χ1) is 6.92. The Hall–Kier alpha value is -1.31. The zero-order chi connectivity index (χ0) is 9.80. The molecular weight excluding hydrogens is 174 g/mol. The summed E-state index contributed by atoms with van der Waals surface area (Å²) in [6, 6.07) is 8.48. The number of fused-ring (bicyclic) bond motifs is 1. The van der Waals surface area contributed by atoms with Crippen molar-refractivity contribution in [2.24, 2.45) is 5.16 Å². The fraction of sp³-hybridized carbons (Fsp3) is 0.417. The summed E-state index contributed by atoms with van der Waals surface area (Å²) in [7, 11) is 1.61. The Labute approximate surface area is 84.6 Å². The summed E-state index contributed by atoms with van der Waals surface area (Å²) < 4.78 is 0. The van der Waals surface area contributed by atoms with Crippen molar-refractivity contribution in [2.45, 2.75) is 25.7 Å². The summed E-state index contributed by atoms with van der Waals surface area (Å²) in [6.07, 6.45) is 4.65. The van der Waals surface area contributed by atoms with E-state index < -0.39 is 0 Å². The summed E-state index contributed by atoms with van der Waals surface area (Å²) >= 11 is 0. The summed E-state index contributed by atoms with van der Waals surface area (Å²) in [6.45, 7) is 0. The molecule has 0 aromatic heterocycles. The van der Waals surface area contributed by atoms with Gasteiger partial charge in [-0.1, -0.05) is 29.4 Å². The fourth-order valence-corrected chi connectivity index (χ4v) is 1.97. The van der Waals surface area contributed by atoms with E-state index in [1.807, 2.05) is 0 Å². The second-order valence-corrected chi connectivity index (χ2v) is 3.58. The van der Waals surface area contributed by atoms with Crippen molar-refractivity contribution < 1.29 is 4.84 Å². The maximum atomic E-state index is 4.88. The van der Waals surface area contributed by atoms with Crippen LogP contribution in [0.3, 0.4) is 0 Å². The maximum absolute atomic E-state index is 4.88. The van der Waals surface area contributed by atoms with Crippen LogP contribution in [0.4, 0.5) is 0 Å². The maximum Gasteiger partial charge on any atom is 0.106 e. The van der Waals surface area contributed by atoms with Crippen molar-refractivity contribution in [1.29, 1.82) is 0 Å². The molecule has 0 fully saturated rings. The molecule has 0 N–H and O–H groups in total. The third kappa shape index (κ3) is 1.79. The molecule has 2 heteroatoms. The molecule has 1 aromatic rings. The second-order valence-electron chi connectivity index (χ2n) is 3.58. The van der Waals surface area contributed by atoms with Crippen LogP contribution in [0.5, 0.6) is 0 Å². The molecule has 0 unspecified atom stereocenters. The highest BCUT2D eigenvalue weighted by Gasteiger charge is 2.13. The molecular formula is C12H15NO. The van der Waals surface area contributed by atoms with E-state index in [0.717, 1.165) is 12.1 Å². The van der Waals surface area contributed by atoms with Crippen molar-refractivity contribution in [3.8, 4) is 0 Å². The molecule has 74 valence electrons. The van der Waals surface area contributed by atoms with E-state index in [1.54, 1.807) is 7.11 Å². The second kappa shape index (κ2) is 4.27. The summed E-state index contributed by atoms with van der Waals surface area (Å²) in [5.74, 6) is 0. The molecule has 2 nitrogen and oxygen atoms in total. The Kier molecular flexibility index (Phi) is 2.82. The van der Waals surface area contributed by atoms with Crippen molar-refractivity contribution in [3.05, 3.63) is 35.4 Å². The molecule has 0 bridgehead atoms. The zero-order valence-electron chi connectivity index (χ0n) is 8.49. The largest absolute Gasteiger partial charge is 0.399 e. The Morgan fingerprint density at radius 2 is 1.93 bits per heavy atom. The smallest absolute Gasteiger partial charge is 0.106 e. The number of hydrogen-bond acceptors (Lipinski definition) is 2. The van der Waals surface area contributed by atoms with Crippen LogP contribution in [0.25, 0.3) is 0 Å². The predicted molar refractivity (Wildman–Crippen MR) is 57.5 cm³/mol. The van der Waals surface area contributed by atoms with E-state index in [9.17, 15) is 0 Å². The Morgan fingerprint density at radius 1 is 1.14 bits per heavy atom. The van der Waals surface area contributed by atoms with Crippen molar-refractivity contribution in [3.63, 3.8) is 0 Å². The SMILES string of the molecule is CON=C1CCCCc2ccccc21. The number of aryl methyl sites for hydroxylation is 1. The van der Waals surface area contributed by atoms with Gasteiger partial charge in [0.2, 0.25) is 0 Å². The van der Waals surface area contributed by atoms with Crippen molar-refractivity contribution in [1.82, 2.24) is 0 Å². The standard InChI is InChI=1S/C12H15NO/c1-14-13-12-9-5-3-7-10-6-2-4-8-11(10)12/h2,4,6,8H,3,5,7,9H2,1H3. The molecule has 14 heavy (non-hydrogen) atoms. The summed E-state index contributed by atoms with van der Waals surface area (Å²) in [5.41, 5.74) is 3.77. The highest BCUT2D eigenvalue weighted by Crippen LogP contribution is 2.20. The highest BCUT2D eigenvalue weighted by atomic mass is 16.6. The topological polar surface area (TPSA) is 21.6 Å². The van der Waals surface area contributed by atoms with Gasteiger partial charge in [0.15, 0.2) is 0 Å². The highest BCUT2D eigenvalue weighted by molar-refractivity contribution is 6.01. The molecule has 1 aromatic carbocycles. The van der Waals surface area contributed by atoms with Gasteiger partial charge in [0.25, 0.3) is 0 Å². The molecule has 0 aliphatic heterocycles. The average molecular weight is 189 g/mol. The molecule has 0 saturated heterocycles. The van der Waals surface area contributed by atoms with E-state index in [0.29, 0.717) is 0 Å². The molecule has 0 amide bonds. The van der Waals surface area contributed by atoms with Crippen LogP contribution in [0, 0.1) is 0 Å². The lowest BCUT2D eigenvalue weighted by Crippen LogP contribution is -2.02. The molecule has 2 rings (SSSR count). The van der Waals surface area contributed by atoms with Crippen LogP contribution in [-0.4, -0.2) is 12.8 Å². The van der Waals surface area contributed by atoms with Crippen LogP contribution in [-0.2, 0) is 11.3 Å². The van der Waals surface area contributed by atoms with Crippen LogP contribution < -0.4 is 0 Å². The number of oxime groups is 1. The number of hydrogen-bond donors (Lipinski definition) is 0. The van der Waals surface area contributed by atoms with Crippen molar-refractivity contribution >= 4 is 5.71 Å². The molecule has 0 saturated carbocycles. The summed E-state index contributed by atoms with van der Waals surface area (Å²) in [5, 5.41) is 4.10. The van der Waals surface area contributed by atoms with Crippen molar-refractivity contribution in [2.75, 3.05) is 7.11 Å². The number of rotatable bonds is 1. The van der Waals surface area contributed by atoms with Gasteiger partial charge < -0.3 is 4.84 Å². The molecule has 0 radical (unpaired) electrons. The third-order valence-electron chi connectivity index (χ3n) is 2.64. The first-order valence-corrected chi connectivity index (χ1v) is 5.10. The van der Waals surface area contributed by atoms with Gasteiger partial charge in [0, 0.05) is 5.56 Å². The number of benzene rings is 1. The van der Waals surface area contributed by atoms with Gasteiger partial charge in [-0.2, -0.15) is 0 Å². The first kappa shape index (κ1) is 9.25. The first-order valence-electron chi connectivity index (χ1n) is 5.10. The molecule has 1 aliphatic rings. The minimum atomic E-state index is 1.03. The monoisotopic (exact) mass is 189 g/mol. The molecule has 0 spiro atoms. The quantitative estimate of drug-likeness (QED) is 0.491. The minimum absolute atomic E-state index is 1.03. The lowest BCUT2D eigenvalue weighted by molar-refractivity contribution is 0.213. The molecule has 0 atom stereocenters. The summed E-state index contributed by atoms with van der Waals surface area (Å²) in [4.78, 5) is 4.88. The van der Waals surface area contributed by atoms with Crippen LogP contribution in [0.15, 0.2) is 29.4 Å². The minimum Gasteiger partial charge on any atom is -0.399 e. The Balaban J connectivity index is 2.42. The van der Waals surface area contributed by atoms with Gasteiger partial charge in [-0.05, 0) is 31.2 Å². The van der Waals surface area contributed by atoms with Gasteiger partial charge in [-0.15, -0.1) is 0 Å². The normalized spacial score (nSPS) is 18.8. The van der Waals surface area contributed by atoms with Gasteiger partial charge in [0.05, 0.1) is 5.71 Å². The van der Waals surface area contributed by atoms with Crippen LogP contribution in [0.1, 0.15) is 30.4 Å². The van der Waals surface area contributed by atoms with E-state index in [2.05, 4.69) is 29.4 Å². The predicted octanol–water partition coefficient (Wildman–Crippen LogP) is 2.76. The molecule has 1 aliphatic carbocycles. The average Bonchev–Trinajstić information content (AvgIpc) is 2.42. The Morgan fingerprint density at radius 3 is 2.79 bits per heavy atom. The van der Waals surface area contributed by atoms with Gasteiger partial charge in [-0.25, -0.2) is 0 Å². The van der Waals surface area contributed by atoms with E-state index in [1.165, 1.54) is 30.4 Å². The number of nitrogens with zero attached hydrogens (tertiary/aromatic N) is 1. The zero-order valence-corrected chi connectivity index (χ0v) is 8.49. The fourth-order valence-electron chi connectivity index (χ4n) is 1.97. The van der Waals surface area contributed by atoms with E-state index in [4.69, 9.17) is 4.84 Å². The van der Waals surface area contributed by atoms with Gasteiger partial charge >= 0.3 is 0 Å². The lowest BCUT2D eigenvalue weighted by atomic mass is 10.0. The molecule has 0 heterocycles.